The Morgan fingerprint density at radius 1 is 0.971 bits per heavy atom. The minimum Gasteiger partial charge on any atom is -0.498 e. The number of pyridine rings is 1. The van der Waals surface area contributed by atoms with Crippen molar-refractivity contribution in [3.8, 4) is 0 Å². The van der Waals surface area contributed by atoms with Crippen molar-refractivity contribution in [2.24, 2.45) is 0 Å². The average Bonchev–Trinajstić information content (AvgIpc) is 2.89. The predicted molar refractivity (Wildman–Crippen MR) is 137 cm³/mol. The van der Waals surface area contributed by atoms with Gasteiger partial charge in [0.25, 0.3) is 0 Å². The first kappa shape index (κ1) is 24.2. The topological polar surface area (TPSA) is 34.6 Å². The number of hydrogen-bond donors (Lipinski definition) is 0. The summed E-state index contributed by atoms with van der Waals surface area (Å²) in [6.07, 6.45) is 7.84. The molecule has 4 rings (SSSR count). The summed E-state index contributed by atoms with van der Waals surface area (Å²) < 4.78 is 11.9. The van der Waals surface area contributed by atoms with Crippen LogP contribution in [0.4, 0.5) is 0 Å². The van der Waals surface area contributed by atoms with Gasteiger partial charge in [0, 0.05) is 43.0 Å². The molecule has 0 N–H and O–H groups in total. The van der Waals surface area contributed by atoms with E-state index in [0.717, 1.165) is 60.1 Å². The highest BCUT2D eigenvalue weighted by Crippen LogP contribution is 2.24. The molecule has 2 aromatic carbocycles. The summed E-state index contributed by atoms with van der Waals surface area (Å²) in [4.78, 5) is 6.90. The zero-order valence-corrected chi connectivity index (χ0v) is 20.3. The number of ether oxygens (including phenoxy) is 2. The summed E-state index contributed by atoms with van der Waals surface area (Å²) in [6.45, 7) is 3.02. The number of nitrogens with zero attached hydrogens (tertiary/aromatic N) is 2. The standard InChI is InChI=1S/C29H31ClN2O2/c1-33-29-19-24(14-15-28(29)34-22-23-9-3-2-4-10-23)20-32(18-16-26-12-7-8-17-31-26)21-25-11-5-6-13-27(25)30/h2-14,17,19,28H,15-16,18,20-22H2,1H3. The van der Waals surface area contributed by atoms with Crippen molar-refractivity contribution in [1.82, 2.24) is 9.88 Å². The lowest BCUT2D eigenvalue weighted by Gasteiger charge is -2.27. The predicted octanol–water partition coefficient (Wildman–Crippen LogP) is 6.23. The number of methoxy groups -OCH3 is 1. The summed E-state index contributed by atoms with van der Waals surface area (Å²) in [5.74, 6) is 0.871. The summed E-state index contributed by atoms with van der Waals surface area (Å²) in [6, 6.07) is 24.3. The summed E-state index contributed by atoms with van der Waals surface area (Å²) in [7, 11) is 1.72. The zero-order valence-electron chi connectivity index (χ0n) is 19.6. The fraction of sp³-hybridized carbons (Fsp3) is 0.276. The highest BCUT2D eigenvalue weighted by atomic mass is 35.5. The van der Waals surface area contributed by atoms with Crippen molar-refractivity contribution < 1.29 is 9.47 Å². The van der Waals surface area contributed by atoms with E-state index in [-0.39, 0.29) is 6.10 Å². The molecule has 1 aromatic heterocycles. The highest BCUT2D eigenvalue weighted by Gasteiger charge is 2.21. The van der Waals surface area contributed by atoms with Crippen LogP contribution in [0.1, 0.15) is 23.2 Å². The van der Waals surface area contributed by atoms with Crippen LogP contribution < -0.4 is 0 Å². The van der Waals surface area contributed by atoms with Gasteiger partial charge in [-0.1, -0.05) is 72.3 Å². The van der Waals surface area contributed by atoms with Gasteiger partial charge >= 0.3 is 0 Å². The van der Waals surface area contributed by atoms with Crippen molar-refractivity contribution in [1.29, 1.82) is 0 Å². The van der Waals surface area contributed by atoms with Crippen LogP contribution in [-0.4, -0.2) is 36.2 Å². The van der Waals surface area contributed by atoms with E-state index in [1.54, 1.807) is 7.11 Å². The third kappa shape index (κ3) is 7.04. The van der Waals surface area contributed by atoms with E-state index in [2.05, 4.69) is 46.3 Å². The van der Waals surface area contributed by atoms with Crippen LogP contribution in [0.2, 0.25) is 5.02 Å². The van der Waals surface area contributed by atoms with Gasteiger partial charge in [-0.3, -0.25) is 9.88 Å². The molecule has 0 spiro atoms. The minimum absolute atomic E-state index is 0.0699. The molecule has 0 saturated carbocycles. The molecule has 3 aromatic rings. The van der Waals surface area contributed by atoms with Gasteiger partial charge in [0.15, 0.2) is 0 Å². The molecule has 0 amide bonds. The van der Waals surface area contributed by atoms with Crippen LogP contribution in [-0.2, 0) is 29.0 Å². The van der Waals surface area contributed by atoms with Gasteiger partial charge in [-0.05, 0) is 47.4 Å². The Labute approximate surface area is 207 Å². The lowest BCUT2D eigenvalue weighted by molar-refractivity contribution is 0.0288. The Bertz CT molecular complexity index is 1100. The van der Waals surface area contributed by atoms with Crippen LogP contribution in [0.5, 0.6) is 0 Å². The third-order valence-corrected chi connectivity index (χ3v) is 6.31. The Balaban J connectivity index is 1.42. The van der Waals surface area contributed by atoms with Gasteiger partial charge in [-0.15, -0.1) is 0 Å². The van der Waals surface area contributed by atoms with Gasteiger partial charge in [-0.2, -0.15) is 0 Å². The fourth-order valence-corrected chi connectivity index (χ4v) is 4.28. The van der Waals surface area contributed by atoms with Crippen LogP contribution in [0.15, 0.2) is 102 Å². The largest absolute Gasteiger partial charge is 0.498 e. The molecular weight excluding hydrogens is 444 g/mol. The van der Waals surface area contributed by atoms with Crippen molar-refractivity contribution >= 4 is 11.6 Å². The lowest BCUT2D eigenvalue weighted by Crippen LogP contribution is -2.29. The Kier molecular flexibility index (Phi) is 8.91. The monoisotopic (exact) mass is 474 g/mol. The zero-order chi connectivity index (χ0) is 23.6. The highest BCUT2D eigenvalue weighted by molar-refractivity contribution is 6.31. The number of hydrogen-bond acceptors (Lipinski definition) is 4. The smallest absolute Gasteiger partial charge is 0.125 e. The van der Waals surface area contributed by atoms with E-state index in [0.29, 0.717) is 6.61 Å². The maximum absolute atomic E-state index is 6.48. The molecule has 1 atom stereocenters. The Morgan fingerprint density at radius 3 is 2.53 bits per heavy atom. The molecule has 1 aliphatic carbocycles. The molecular formula is C29H31ClN2O2. The molecule has 0 bridgehead atoms. The average molecular weight is 475 g/mol. The molecule has 0 saturated heterocycles. The number of rotatable bonds is 11. The first-order chi connectivity index (χ1) is 16.7. The van der Waals surface area contributed by atoms with E-state index in [9.17, 15) is 0 Å². The molecule has 4 nitrogen and oxygen atoms in total. The molecule has 34 heavy (non-hydrogen) atoms. The molecule has 1 aliphatic rings. The van der Waals surface area contributed by atoms with Crippen molar-refractivity contribution in [3.05, 3.63) is 124 Å². The van der Waals surface area contributed by atoms with E-state index >= 15 is 0 Å². The van der Waals surface area contributed by atoms with Crippen LogP contribution in [0.25, 0.3) is 0 Å². The SMILES string of the molecule is COC1=CC(CN(CCc2ccccn2)Cc2ccccc2Cl)=CCC1OCc1ccccc1. The van der Waals surface area contributed by atoms with Crippen molar-refractivity contribution in [3.63, 3.8) is 0 Å². The summed E-state index contributed by atoms with van der Waals surface area (Å²) in [5, 5.41) is 0.797. The molecule has 176 valence electrons. The molecule has 0 aliphatic heterocycles. The van der Waals surface area contributed by atoms with E-state index in [1.165, 1.54) is 5.57 Å². The number of halogens is 1. The van der Waals surface area contributed by atoms with Gasteiger partial charge in [0.05, 0.1) is 13.7 Å². The number of aromatic nitrogens is 1. The fourth-order valence-electron chi connectivity index (χ4n) is 4.09. The Morgan fingerprint density at radius 2 is 1.76 bits per heavy atom. The maximum Gasteiger partial charge on any atom is 0.125 e. The minimum atomic E-state index is -0.0699. The van der Waals surface area contributed by atoms with Gasteiger partial charge in [-0.25, -0.2) is 0 Å². The molecule has 5 heteroatoms. The van der Waals surface area contributed by atoms with Gasteiger partial charge < -0.3 is 9.47 Å². The van der Waals surface area contributed by atoms with Crippen LogP contribution >= 0.6 is 11.6 Å². The maximum atomic E-state index is 6.48. The molecule has 0 radical (unpaired) electrons. The normalized spacial score (nSPS) is 15.7. The van der Waals surface area contributed by atoms with E-state index < -0.39 is 0 Å². The van der Waals surface area contributed by atoms with Crippen LogP contribution in [0, 0.1) is 0 Å². The van der Waals surface area contributed by atoms with Crippen molar-refractivity contribution in [2.75, 3.05) is 20.2 Å². The second-order valence-electron chi connectivity index (χ2n) is 8.42. The third-order valence-electron chi connectivity index (χ3n) is 5.94. The second kappa shape index (κ2) is 12.5. The second-order valence-corrected chi connectivity index (χ2v) is 8.83. The number of benzene rings is 2. The van der Waals surface area contributed by atoms with Crippen LogP contribution in [0.3, 0.4) is 0 Å². The lowest BCUT2D eigenvalue weighted by atomic mass is 10.0. The van der Waals surface area contributed by atoms with Crippen molar-refractivity contribution in [2.45, 2.75) is 32.1 Å². The van der Waals surface area contributed by atoms with Gasteiger partial charge in [0.1, 0.15) is 11.9 Å². The Hall–Kier alpha value is -2.92. The first-order valence-electron chi connectivity index (χ1n) is 11.7. The molecule has 1 unspecified atom stereocenters. The molecule has 0 fully saturated rings. The van der Waals surface area contributed by atoms with Gasteiger partial charge in [0.2, 0.25) is 0 Å². The summed E-state index contributed by atoms with van der Waals surface area (Å²) in [5.41, 5.74) is 4.60. The summed E-state index contributed by atoms with van der Waals surface area (Å²) >= 11 is 6.48. The first-order valence-corrected chi connectivity index (χ1v) is 12.0. The molecule has 1 heterocycles. The quantitative estimate of drug-likeness (QED) is 0.330. The van der Waals surface area contributed by atoms with E-state index in [1.807, 2.05) is 54.7 Å². The van der Waals surface area contributed by atoms with E-state index in [4.69, 9.17) is 21.1 Å².